The summed E-state index contributed by atoms with van der Waals surface area (Å²) in [6.07, 6.45) is 7.32. The van der Waals surface area contributed by atoms with E-state index in [4.69, 9.17) is 14.7 Å². The number of aliphatic hydroxyl groups excluding tert-OH is 1. The van der Waals surface area contributed by atoms with Gasteiger partial charge in [-0.1, -0.05) is 36.4 Å². The van der Waals surface area contributed by atoms with Gasteiger partial charge in [-0.15, -0.1) is 0 Å². The first-order chi connectivity index (χ1) is 15.3. The molecule has 31 heavy (non-hydrogen) atoms. The predicted octanol–water partition coefficient (Wildman–Crippen LogP) is 3.01. The molecule has 1 aromatic heterocycles. The number of hydrogen-bond donors (Lipinski definition) is 1. The summed E-state index contributed by atoms with van der Waals surface area (Å²) >= 11 is 0. The maximum Gasteiger partial charge on any atom is 0.157 e. The zero-order valence-electron chi connectivity index (χ0n) is 18.2. The van der Waals surface area contributed by atoms with Crippen molar-refractivity contribution in [2.75, 3.05) is 50.8 Å². The minimum Gasteiger partial charge on any atom is -0.387 e. The molecule has 6 nitrogen and oxygen atoms in total. The van der Waals surface area contributed by atoms with Gasteiger partial charge in [-0.05, 0) is 43.2 Å². The highest BCUT2D eigenvalue weighted by molar-refractivity contribution is 5.64. The van der Waals surface area contributed by atoms with Gasteiger partial charge < -0.3 is 14.7 Å². The molecule has 0 saturated carbocycles. The van der Waals surface area contributed by atoms with Crippen LogP contribution in [0.25, 0.3) is 5.57 Å². The number of rotatable bonds is 5. The summed E-state index contributed by atoms with van der Waals surface area (Å²) < 4.78 is 5.56. The minimum absolute atomic E-state index is 0.455. The third kappa shape index (κ3) is 4.66. The van der Waals surface area contributed by atoms with Gasteiger partial charge in [0.25, 0.3) is 0 Å². The summed E-state index contributed by atoms with van der Waals surface area (Å²) in [5, 5.41) is 10.6. The van der Waals surface area contributed by atoms with Crippen LogP contribution in [0.3, 0.4) is 0 Å². The van der Waals surface area contributed by atoms with Crippen molar-refractivity contribution in [1.29, 1.82) is 0 Å². The fraction of sp³-hybridized carbons (Fsp3) is 0.520. The molecule has 0 bridgehead atoms. The van der Waals surface area contributed by atoms with Crippen molar-refractivity contribution < 1.29 is 9.84 Å². The van der Waals surface area contributed by atoms with Gasteiger partial charge in [-0.3, -0.25) is 4.90 Å². The summed E-state index contributed by atoms with van der Waals surface area (Å²) in [6.45, 7) is 5.76. The second kappa shape index (κ2) is 9.47. The Bertz CT molecular complexity index is 925. The van der Waals surface area contributed by atoms with Crippen LogP contribution in [0.15, 0.2) is 36.4 Å². The van der Waals surface area contributed by atoms with E-state index in [1.54, 1.807) is 0 Å². The molecule has 1 aromatic carbocycles. The Hall–Kier alpha value is -2.28. The summed E-state index contributed by atoms with van der Waals surface area (Å²) in [5.41, 5.74) is 4.83. The van der Waals surface area contributed by atoms with E-state index in [9.17, 15) is 5.11 Å². The fourth-order valence-corrected chi connectivity index (χ4v) is 4.86. The molecule has 164 valence electrons. The third-order valence-electron chi connectivity index (χ3n) is 6.67. The Balaban J connectivity index is 1.33. The lowest BCUT2D eigenvalue weighted by atomic mass is 9.95. The molecule has 1 saturated heterocycles. The van der Waals surface area contributed by atoms with Crippen LogP contribution in [0.1, 0.15) is 48.0 Å². The van der Waals surface area contributed by atoms with Crippen LogP contribution in [0, 0.1) is 0 Å². The van der Waals surface area contributed by atoms with Gasteiger partial charge in [-0.25, -0.2) is 9.97 Å². The molecule has 0 spiro atoms. The first-order valence-electron chi connectivity index (χ1n) is 11.6. The normalized spacial score (nSPS) is 20.8. The number of fused-ring (bicyclic) bond motifs is 1. The predicted molar refractivity (Wildman–Crippen MR) is 122 cm³/mol. The Kier molecular flexibility index (Phi) is 6.30. The van der Waals surface area contributed by atoms with Gasteiger partial charge in [0.05, 0.1) is 19.3 Å². The van der Waals surface area contributed by atoms with Crippen LogP contribution in [-0.2, 0) is 17.6 Å². The van der Waals surface area contributed by atoms with Crippen molar-refractivity contribution >= 4 is 11.4 Å². The first kappa shape index (κ1) is 20.6. The van der Waals surface area contributed by atoms with E-state index in [1.165, 1.54) is 29.7 Å². The van der Waals surface area contributed by atoms with Crippen LogP contribution in [0.5, 0.6) is 0 Å². The molecule has 2 aromatic rings. The van der Waals surface area contributed by atoms with E-state index in [0.717, 1.165) is 75.9 Å². The maximum absolute atomic E-state index is 10.6. The summed E-state index contributed by atoms with van der Waals surface area (Å²) in [5.74, 6) is 2.05. The molecule has 1 N–H and O–H groups in total. The molecule has 6 heteroatoms. The Morgan fingerprint density at radius 2 is 1.77 bits per heavy atom. The third-order valence-corrected chi connectivity index (χ3v) is 6.67. The van der Waals surface area contributed by atoms with Gasteiger partial charge in [0.1, 0.15) is 5.82 Å². The lowest BCUT2D eigenvalue weighted by molar-refractivity contribution is 0.119. The largest absolute Gasteiger partial charge is 0.387 e. The summed E-state index contributed by atoms with van der Waals surface area (Å²) in [7, 11) is 0. The van der Waals surface area contributed by atoms with E-state index in [2.05, 4.69) is 15.9 Å². The number of morpholine rings is 1. The van der Waals surface area contributed by atoms with Crippen LogP contribution in [-0.4, -0.2) is 65.9 Å². The van der Waals surface area contributed by atoms with Gasteiger partial charge >= 0.3 is 0 Å². The lowest BCUT2D eigenvalue weighted by Gasteiger charge is -2.32. The van der Waals surface area contributed by atoms with Crippen molar-refractivity contribution in [2.24, 2.45) is 0 Å². The number of aryl methyl sites for hydroxylation is 1. The number of nitrogens with zero attached hydrogens (tertiary/aromatic N) is 4. The topological polar surface area (TPSA) is 61.7 Å². The summed E-state index contributed by atoms with van der Waals surface area (Å²) in [6, 6.07) is 9.92. The van der Waals surface area contributed by atoms with Crippen molar-refractivity contribution in [1.82, 2.24) is 14.9 Å². The molecule has 0 amide bonds. The average molecular weight is 421 g/mol. The van der Waals surface area contributed by atoms with E-state index in [1.807, 2.05) is 30.3 Å². The molecule has 0 unspecified atom stereocenters. The van der Waals surface area contributed by atoms with Gasteiger partial charge in [0, 0.05) is 44.0 Å². The molecular formula is C25H32N4O2. The second-order valence-corrected chi connectivity index (χ2v) is 8.77. The quantitative estimate of drug-likeness (QED) is 0.802. The average Bonchev–Trinajstić information content (AvgIpc) is 2.85. The lowest BCUT2D eigenvalue weighted by Crippen LogP contribution is -2.38. The Labute approximate surface area is 184 Å². The maximum atomic E-state index is 10.6. The Morgan fingerprint density at radius 3 is 2.55 bits per heavy atom. The molecule has 1 fully saturated rings. The Morgan fingerprint density at radius 1 is 0.968 bits per heavy atom. The van der Waals surface area contributed by atoms with Gasteiger partial charge in [0.15, 0.2) is 5.82 Å². The standard InChI is InChI=1S/C25H32N4O2/c30-23(19-6-2-1-3-7-19)18-28-12-10-20(11-13-28)24-26-22-9-5-4-8-21(22)25(27-24)29-14-16-31-17-15-29/h1-3,6-7,10,23,30H,4-5,8-9,11-18H2/t23-/m0/s1. The molecule has 2 aliphatic heterocycles. The zero-order valence-corrected chi connectivity index (χ0v) is 18.2. The number of hydrogen-bond acceptors (Lipinski definition) is 6. The molecule has 1 atom stereocenters. The first-order valence-corrected chi connectivity index (χ1v) is 11.6. The second-order valence-electron chi connectivity index (χ2n) is 8.77. The van der Waals surface area contributed by atoms with E-state index >= 15 is 0 Å². The molecule has 1 aliphatic carbocycles. The van der Waals surface area contributed by atoms with Crippen LogP contribution in [0.4, 0.5) is 5.82 Å². The number of β-amino-alcohol motifs (C(OH)–C–C–N with tert-alkyl or cyclic N) is 1. The minimum atomic E-state index is -0.455. The number of aliphatic hydroxyl groups is 1. The van der Waals surface area contributed by atoms with Crippen LogP contribution < -0.4 is 4.90 Å². The highest BCUT2D eigenvalue weighted by Crippen LogP contribution is 2.31. The van der Waals surface area contributed by atoms with Crippen LogP contribution >= 0.6 is 0 Å². The highest BCUT2D eigenvalue weighted by Gasteiger charge is 2.25. The number of aromatic nitrogens is 2. The molecule has 3 aliphatic rings. The van der Waals surface area contributed by atoms with Gasteiger partial charge in [-0.2, -0.15) is 0 Å². The molecule has 5 rings (SSSR count). The summed E-state index contributed by atoms with van der Waals surface area (Å²) in [4.78, 5) is 14.8. The van der Waals surface area contributed by atoms with E-state index < -0.39 is 6.10 Å². The van der Waals surface area contributed by atoms with Crippen molar-refractivity contribution in [3.05, 3.63) is 59.1 Å². The zero-order chi connectivity index (χ0) is 21.0. The van der Waals surface area contributed by atoms with E-state index in [0.29, 0.717) is 6.54 Å². The SMILES string of the molecule is O[C@@H](CN1CC=C(c2nc3c(c(N4CCOCC4)n2)CCCC3)CC1)c1ccccc1. The molecular weight excluding hydrogens is 388 g/mol. The van der Waals surface area contributed by atoms with Gasteiger partial charge in [0.2, 0.25) is 0 Å². The smallest absolute Gasteiger partial charge is 0.157 e. The fourth-order valence-electron chi connectivity index (χ4n) is 4.86. The number of benzene rings is 1. The highest BCUT2D eigenvalue weighted by atomic mass is 16.5. The number of anilines is 1. The van der Waals surface area contributed by atoms with E-state index in [-0.39, 0.29) is 0 Å². The van der Waals surface area contributed by atoms with Crippen molar-refractivity contribution in [3.63, 3.8) is 0 Å². The molecule has 3 heterocycles. The van der Waals surface area contributed by atoms with Crippen LogP contribution in [0.2, 0.25) is 0 Å². The van der Waals surface area contributed by atoms with Crippen molar-refractivity contribution in [3.8, 4) is 0 Å². The monoisotopic (exact) mass is 420 g/mol. The molecule has 0 radical (unpaired) electrons. The number of ether oxygens (including phenoxy) is 1. The van der Waals surface area contributed by atoms with Crippen molar-refractivity contribution in [2.45, 2.75) is 38.2 Å².